The highest BCUT2D eigenvalue weighted by atomic mass is 16.6. The van der Waals surface area contributed by atoms with Crippen LogP contribution in [0, 0.1) is 29.1 Å². The zero-order chi connectivity index (χ0) is 28.7. The predicted molar refractivity (Wildman–Crippen MR) is 145 cm³/mol. The number of carbonyl (C=O) groups excluding carboxylic acids is 4. The van der Waals surface area contributed by atoms with Crippen LogP contribution in [0.2, 0.25) is 0 Å². The molecule has 0 radical (unpaired) electrons. The highest BCUT2D eigenvalue weighted by Crippen LogP contribution is 2.65. The number of aliphatic hydroxyl groups excluding tert-OH is 1. The van der Waals surface area contributed by atoms with Gasteiger partial charge in [-0.2, -0.15) is 0 Å². The SMILES string of the molecule is CC(C)(C)OC(=O)NC(C(=O)N1CC2C([C@H]1C(=O)NC(CC1CCC1)C(O)C(N)=O)C2(C)C)C1CCCCC1. The minimum Gasteiger partial charge on any atom is -0.444 e. The van der Waals surface area contributed by atoms with E-state index in [0.717, 1.165) is 51.4 Å². The summed E-state index contributed by atoms with van der Waals surface area (Å²) < 4.78 is 5.49. The van der Waals surface area contributed by atoms with Crippen molar-refractivity contribution >= 4 is 23.8 Å². The van der Waals surface area contributed by atoms with Gasteiger partial charge in [0.25, 0.3) is 0 Å². The molecule has 0 aromatic carbocycles. The molecule has 4 amide bonds. The minimum absolute atomic E-state index is 0.0320. The maximum Gasteiger partial charge on any atom is 0.408 e. The number of aliphatic hydroxyl groups is 1. The summed E-state index contributed by atoms with van der Waals surface area (Å²) >= 11 is 0. The molecule has 4 fully saturated rings. The largest absolute Gasteiger partial charge is 0.444 e. The number of fused-ring (bicyclic) bond motifs is 1. The molecule has 1 aliphatic heterocycles. The molecule has 6 atom stereocenters. The van der Waals surface area contributed by atoms with Gasteiger partial charge < -0.3 is 31.1 Å². The summed E-state index contributed by atoms with van der Waals surface area (Å²) in [5.41, 5.74) is 4.60. The van der Waals surface area contributed by atoms with Gasteiger partial charge in [-0.25, -0.2) is 4.79 Å². The molecule has 39 heavy (non-hydrogen) atoms. The number of carbonyl (C=O) groups is 4. The third-order valence-electron chi connectivity index (χ3n) is 9.63. The van der Waals surface area contributed by atoms with E-state index >= 15 is 0 Å². The number of hydrogen-bond donors (Lipinski definition) is 4. The number of nitrogens with one attached hydrogen (secondary N) is 2. The zero-order valence-corrected chi connectivity index (χ0v) is 24.2. The molecular weight excluding hydrogens is 500 g/mol. The van der Waals surface area contributed by atoms with Crippen LogP contribution in [-0.4, -0.2) is 70.2 Å². The number of nitrogens with two attached hydrogens (primary N) is 1. The van der Waals surface area contributed by atoms with Crippen LogP contribution in [0.15, 0.2) is 0 Å². The number of amides is 4. The second-order valence-electron chi connectivity index (χ2n) is 13.9. The van der Waals surface area contributed by atoms with Gasteiger partial charge in [0, 0.05) is 6.54 Å². The van der Waals surface area contributed by atoms with Crippen LogP contribution in [0.3, 0.4) is 0 Å². The Morgan fingerprint density at radius 3 is 2.21 bits per heavy atom. The van der Waals surface area contributed by atoms with E-state index in [0.29, 0.717) is 18.9 Å². The van der Waals surface area contributed by atoms with Crippen LogP contribution in [0.1, 0.15) is 92.4 Å². The van der Waals surface area contributed by atoms with Gasteiger partial charge in [-0.15, -0.1) is 0 Å². The van der Waals surface area contributed by atoms with Crippen molar-refractivity contribution < 1.29 is 29.0 Å². The van der Waals surface area contributed by atoms with E-state index in [1.165, 1.54) is 0 Å². The van der Waals surface area contributed by atoms with Gasteiger partial charge in [-0.1, -0.05) is 52.4 Å². The Kier molecular flexibility index (Phi) is 8.55. The molecule has 0 aromatic heterocycles. The first-order valence-corrected chi connectivity index (χ1v) is 14.8. The smallest absolute Gasteiger partial charge is 0.408 e. The summed E-state index contributed by atoms with van der Waals surface area (Å²) in [5, 5.41) is 16.3. The van der Waals surface area contributed by atoms with E-state index < -0.39 is 41.8 Å². The van der Waals surface area contributed by atoms with Crippen LogP contribution in [-0.2, 0) is 19.1 Å². The molecule has 220 valence electrons. The molecule has 1 heterocycles. The Balaban J connectivity index is 1.55. The van der Waals surface area contributed by atoms with Gasteiger partial charge in [0.15, 0.2) is 6.10 Å². The monoisotopic (exact) mass is 548 g/mol. The fourth-order valence-corrected chi connectivity index (χ4v) is 7.10. The summed E-state index contributed by atoms with van der Waals surface area (Å²) in [6.07, 6.45) is 6.13. The van der Waals surface area contributed by atoms with Crippen LogP contribution in [0.4, 0.5) is 4.79 Å². The first kappa shape index (κ1) is 29.6. The number of alkyl carbamates (subject to hydrolysis) is 1. The van der Waals surface area contributed by atoms with Crippen LogP contribution >= 0.6 is 0 Å². The van der Waals surface area contributed by atoms with Crippen molar-refractivity contribution in [1.29, 1.82) is 0 Å². The van der Waals surface area contributed by atoms with Gasteiger partial charge in [-0.05, 0) is 69.1 Å². The van der Waals surface area contributed by atoms with Crippen LogP contribution in [0.5, 0.6) is 0 Å². The lowest BCUT2D eigenvalue weighted by atomic mass is 9.79. The molecule has 5 unspecified atom stereocenters. The van der Waals surface area contributed by atoms with Crippen molar-refractivity contribution in [1.82, 2.24) is 15.5 Å². The van der Waals surface area contributed by atoms with Gasteiger partial charge in [0.2, 0.25) is 17.7 Å². The van der Waals surface area contributed by atoms with E-state index in [1.54, 1.807) is 25.7 Å². The second kappa shape index (κ2) is 11.3. The molecule has 4 aliphatic rings. The summed E-state index contributed by atoms with van der Waals surface area (Å²) in [6.45, 7) is 9.97. The highest BCUT2D eigenvalue weighted by Gasteiger charge is 2.69. The van der Waals surface area contributed by atoms with Gasteiger partial charge in [0.1, 0.15) is 17.7 Å². The average Bonchev–Trinajstić information content (AvgIpc) is 3.15. The third kappa shape index (κ3) is 6.52. The zero-order valence-electron chi connectivity index (χ0n) is 24.2. The van der Waals surface area contributed by atoms with Gasteiger partial charge in [-0.3, -0.25) is 14.4 Å². The van der Waals surface area contributed by atoms with E-state index in [-0.39, 0.29) is 35.0 Å². The molecular formula is C29H48N4O6. The van der Waals surface area contributed by atoms with Crippen molar-refractivity contribution in [2.75, 3.05) is 6.54 Å². The molecule has 10 nitrogen and oxygen atoms in total. The lowest BCUT2D eigenvalue weighted by Gasteiger charge is -2.38. The Hall–Kier alpha value is -2.36. The minimum atomic E-state index is -1.49. The summed E-state index contributed by atoms with van der Waals surface area (Å²) in [6, 6.07) is -2.32. The first-order chi connectivity index (χ1) is 18.2. The fraction of sp³-hybridized carbons (Fsp3) is 0.862. The number of piperidine rings is 1. The number of likely N-dealkylation sites (tertiary alicyclic amines) is 1. The normalized spacial score (nSPS) is 28.9. The molecule has 3 saturated carbocycles. The lowest BCUT2D eigenvalue weighted by molar-refractivity contribution is -0.144. The number of nitrogens with zero attached hydrogens (tertiary/aromatic N) is 1. The number of primary amides is 1. The van der Waals surface area contributed by atoms with Crippen molar-refractivity contribution in [3.8, 4) is 0 Å². The van der Waals surface area contributed by atoms with Crippen molar-refractivity contribution in [2.45, 2.75) is 122 Å². The number of rotatable bonds is 9. The van der Waals surface area contributed by atoms with Crippen LogP contribution < -0.4 is 16.4 Å². The molecule has 0 spiro atoms. The topological polar surface area (TPSA) is 151 Å². The summed E-state index contributed by atoms with van der Waals surface area (Å²) in [7, 11) is 0. The highest BCUT2D eigenvalue weighted by molar-refractivity contribution is 5.93. The Morgan fingerprint density at radius 2 is 1.67 bits per heavy atom. The van der Waals surface area contributed by atoms with E-state index in [2.05, 4.69) is 24.5 Å². The fourth-order valence-electron chi connectivity index (χ4n) is 7.10. The van der Waals surface area contributed by atoms with Gasteiger partial charge >= 0.3 is 6.09 Å². The first-order valence-electron chi connectivity index (χ1n) is 14.8. The van der Waals surface area contributed by atoms with Crippen molar-refractivity contribution in [2.24, 2.45) is 34.8 Å². The lowest BCUT2D eigenvalue weighted by Crippen LogP contribution is -2.60. The Bertz CT molecular complexity index is 952. The van der Waals surface area contributed by atoms with E-state index in [4.69, 9.17) is 10.5 Å². The summed E-state index contributed by atoms with van der Waals surface area (Å²) in [4.78, 5) is 54.3. The molecule has 3 aliphatic carbocycles. The maximum atomic E-state index is 14.2. The molecule has 1 saturated heterocycles. The Morgan fingerprint density at radius 1 is 1.03 bits per heavy atom. The van der Waals surface area contributed by atoms with Gasteiger partial charge in [0.05, 0.1) is 6.04 Å². The standard InChI is InChI=1S/C29H48N4O6/c1-28(2,3)39-27(38)32-21(17-12-7-6-8-13-17)26(37)33-15-18-20(29(18,4)5)22(33)25(36)31-19(23(34)24(30)35)14-16-10-9-11-16/h16-23,34H,6-15H2,1-5H3,(H2,30,35)(H,31,36)(H,32,38)/t18?,19?,20?,21?,22-,23?/m0/s1. The third-order valence-corrected chi connectivity index (χ3v) is 9.63. The Labute approximate surface area is 232 Å². The number of hydrogen-bond acceptors (Lipinski definition) is 6. The quantitative estimate of drug-likeness (QED) is 0.347. The molecule has 0 bridgehead atoms. The van der Waals surface area contributed by atoms with E-state index in [9.17, 15) is 24.3 Å². The molecule has 0 aromatic rings. The van der Waals surface area contributed by atoms with Crippen molar-refractivity contribution in [3.63, 3.8) is 0 Å². The van der Waals surface area contributed by atoms with Crippen LogP contribution in [0.25, 0.3) is 0 Å². The molecule has 4 rings (SSSR count). The maximum absolute atomic E-state index is 14.2. The molecule has 5 N–H and O–H groups in total. The van der Waals surface area contributed by atoms with Crippen molar-refractivity contribution in [3.05, 3.63) is 0 Å². The predicted octanol–water partition coefficient (Wildman–Crippen LogP) is 2.46. The van der Waals surface area contributed by atoms with E-state index in [1.807, 2.05) is 0 Å². The number of ether oxygens (including phenoxy) is 1. The summed E-state index contributed by atoms with van der Waals surface area (Å²) in [5.74, 6) is -1.09. The second-order valence-corrected chi connectivity index (χ2v) is 13.9. The average molecular weight is 549 g/mol. The molecule has 10 heteroatoms.